The van der Waals surface area contributed by atoms with Crippen molar-refractivity contribution in [1.29, 1.82) is 0 Å². The van der Waals surface area contributed by atoms with Crippen LogP contribution >= 0.6 is 0 Å². The Morgan fingerprint density at radius 1 is 0.585 bits per heavy atom. The molecule has 3 aromatic carbocycles. The quantitative estimate of drug-likeness (QED) is 0.0883. The highest BCUT2D eigenvalue weighted by Gasteiger charge is 2.13. The molecule has 0 radical (unpaired) electrons. The van der Waals surface area contributed by atoms with Gasteiger partial charge in [0, 0.05) is 0 Å². The second kappa shape index (κ2) is 18.0. The van der Waals surface area contributed by atoms with Crippen LogP contribution in [0.2, 0.25) is 0 Å². The van der Waals surface area contributed by atoms with Crippen molar-refractivity contribution in [3.8, 4) is 22.6 Å². The number of rotatable bonds is 18. The smallest absolute Gasteiger partial charge is 0.343 e. The monoisotopic (exact) mass is 558 g/mol. The maximum absolute atomic E-state index is 12.6. The van der Waals surface area contributed by atoms with Crippen molar-refractivity contribution < 1.29 is 23.8 Å². The van der Waals surface area contributed by atoms with Gasteiger partial charge < -0.3 is 14.2 Å². The molecule has 1 atom stereocenters. The summed E-state index contributed by atoms with van der Waals surface area (Å²) in [4.78, 5) is 25.1. The summed E-state index contributed by atoms with van der Waals surface area (Å²) in [5, 5.41) is 0. The Morgan fingerprint density at radius 3 is 1.71 bits per heavy atom. The Morgan fingerprint density at radius 2 is 1.07 bits per heavy atom. The topological polar surface area (TPSA) is 61.8 Å². The average Bonchev–Trinajstić information content (AvgIpc) is 2.99. The van der Waals surface area contributed by atoms with Crippen LogP contribution in [0, 0.1) is 0 Å². The van der Waals surface area contributed by atoms with E-state index in [9.17, 15) is 9.59 Å². The van der Waals surface area contributed by atoms with Crippen LogP contribution in [-0.4, -0.2) is 24.6 Å². The SMILES string of the molecule is CCCCCCCCOc1ccc(C(=O)Oc2ccc(-c3ccc(C(=O)O[C@H](C)CCCCCC)cc3)cc2)cc1. The molecule has 3 rings (SSSR count). The van der Waals surface area contributed by atoms with Gasteiger partial charge in [-0.2, -0.15) is 0 Å². The molecule has 0 saturated heterocycles. The van der Waals surface area contributed by atoms with Crippen molar-refractivity contribution in [2.24, 2.45) is 0 Å². The van der Waals surface area contributed by atoms with Crippen LogP contribution in [0.1, 0.15) is 112 Å². The molecule has 0 bridgehead atoms. The first-order valence-corrected chi connectivity index (χ1v) is 15.4. The van der Waals surface area contributed by atoms with Crippen LogP contribution in [0.3, 0.4) is 0 Å². The summed E-state index contributed by atoms with van der Waals surface area (Å²) in [6.07, 6.45) is 12.8. The normalized spacial score (nSPS) is 11.6. The Balaban J connectivity index is 1.44. The Kier molecular flexibility index (Phi) is 14.0. The van der Waals surface area contributed by atoms with Crippen LogP contribution in [0.25, 0.3) is 11.1 Å². The predicted octanol–water partition coefficient (Wildman–Crippen LogP) is 9.83. The fourth-order valence-corrected chi connectivity index (χ4v) is 4.61. The molecule has 5 nitrogen and oxygen atoms in total. The first-order valence-electron chi connectivity index (χ1n) is 15.4. The molecule has 3 aromatic rings. The third kappa shape index (κ3) is 11.4. The molecule has 0 fully saturated rings. The number of benzene rings is 3. The zero-order valence-electron chi connectivity index (χ0n) is 25.0. The maximum Gasteiger partial charge on any atom is 0.343 e. The first kappa shape index (κ1) is 31.9. The van der Waals surface area contributed by atoms with Crippen molar-refractivity contribution in [2.75, 3.05) is 6.61 Å². The summed E-state index contributed by atoms with van der Waals surface area (Å²) in [5.41, 5.74) is 2.93. The van der Waals surface area contributed by atoms with E-state index in [0.29, 0.717) is 23.5 Å². The molecule has 5 heteroatoms. The van der Waals surface area contributed by atoms with Crippen molar-refractivity contribution in [2.45, 2.75) is 97.5 Å². The van der Waals surface area contributed by atoms with Gasteiger partial charge in [-0.1, -0.05) is 89.5 Å². The number of unbranched alkanes of at least 4 members (excludes halogenated alkanes) is 8. The molecular formula is C36H46O5. The van der Waals surface area contributed by atoms with E-state index in [4.69, 9.17) is 14.2 Å². The first-order chi connectivity index (χ1) is 20.0. The number of carbonyl (C=O) groups excluding carboxylic acids is 2. The highest BCUT2D eigenvalue weighted by Crippen LogP contribution is 2.24. The average molecular weight is 559 g/mol. The van der Waals surface area contributed by atoms with Crippen molar-refractivity contribution in [1.82, 2.24) is 0 Å². The summed E-state index contributed by atoms with van der Waals surface area (Å²) < 4.78 is 17.0. The number of ether oxygens (including phenoxy) is 3. The molecule has 0 unspecified atom stereocenters. The largest absolute Gasteiger partial charge is 0.494 e. The molecule has 0 aliphatic carbocycles. The predicted molar refractivity (Wildman–Crippen MR) is 166 cm³/mol. The third-order valence-corrected chi connectivity index (χ3v) is 7.15. The standard InChI is InChI=1S/C36H46O5/c1-4-6-8-10-11-13-27-39-33-23-21-32(22-24-33)36(38)41-34-25-19-30(20-26-34)29-15-17-31(18-16-29)35(37)40-28(3)14-12-9-7-5-2/h15-26,28H,4-14,27H2,1-3H3/t28-/m1/s1. The maximum atomic E-state index is 12.6. The molecule has 0 aromatic heterocycles. The van der Waals surface area contributed by atoms with Gasteiger partial charge in [-0.05, 0) is 85.8 Å². The molecule has 0 heterocycles. The minimum absolute atomic E-state index is 0.0875. The molecule has 0 saturated carbocycles. The number of hydrogen-bond donors (Lipinski definition) is 0. The van der Waals surface area contributed by atoms with E-state index in [0.717, 1.165) is 36.1 Å². The highest BCUT2D eigenvalue weighted by atomic mass is 16.5. The van der Waals surface area contributed by atoms with Crippen LogP contribution in [0.4, 0.5) is 0 Å². The van der Waals surface area contributed by atoms with E-state index in [-0.39, 0.29) is 12.1 Å². The molecule has 0 aliphatic rings. The summed E-state index contributed by atoms with van der Waals surface area (Å²) >= 11 is 0. The van der Waals surface area contributed by atoms with Gasteiger partial charge >= 0.3 is 11.9 Å². The summed E-state index contributed by atoms with van der Waals surface area (Å²) in [6, 6.07) is 21.8. The molecule has 0 amide bonds. The number of hydrogen-bond acceptors (Lipinski definition) is 5. The van der Waals surface area contributed by atoms with Crippen LogP contribution < -0.4 is 9.47 Å². The zero-order valence-corrected chi connectivity index (χ0v) is 25.0. The Hall–Kier alpha value is -3.60. The van der Waals surface area contributed by atoms with Crippen LogP contribution in [0.15, 0.2) is 72.8 Å². The molecule has 0 aliphatic heterocycles. The van der Waals surface area contributed by atoms with Crippen molar-refractivity contribution in [3.05, 3.63) is 83.9 Å². The van der Waals surface area contributed by atoms with E-state index >= 15 is 0 Å². The van der Waals surface area contributed by atoms with Crippen molar-refractivity contribution >= 4 is 11.9 Å². The lowest BCUT2D eigenvalue weighted by molar-refractivity contribution is 0.0319. The molecule has 0 spiro atoms. The van der Waals surface area contributed by atoms with Crippen LogP contribution in [0.5, 0.6) is 11.5 Å². The van der Waals surface area contributed by atoms with Gasteiger partial charge in [0.25, 0.3) is 0 Å². The molecule has 220 valence electrons. The highest BCUT2D eigenvalue weighted by molar-refractivity contribution is 5.91. The van der Waals surface area contributed by atoms with E-state index in [1.165, 1.54) is 51.4 Å². The summed E-state index contributed by atoms with van der Waals surface area (Å²) in [7, 11) is 0. The van der Waals surface area contributed by atoms with E-state index in [1.54, 1.807) is 36.4 Å². The lowest BCUT2D eigenvalue weighted by Crippen LogP contribution is -2.15. The Bertz CT molecular complexity index is 1170. The van der Waals surface area contributed by atoms with Gasteiger partial charge in [0.2, 0.25) is 0 Å². The fraction of sp³-hybridized carbons (Fsp3) is 0.444. The molecular weight excluding hydrogens is 512 g/mol. The van der Waals surface area contributed by atoms with Gasteiger partial charge in [-0.15, -0.1) is 0 Å². The molecule has 41 heavy (non-hydrogen) atoms. The van der Waals surface area contributed by atoms with E-state index < -0.39 is 5.97 Å². The lowest BCUT2D eigenvalue weighted by atomic mass is 10.0. The minimum Gasteiger partial charge on any atom is -0.494 e. The van der Waals surface area contributed by atoms with Gasteiger partial charge in [0.1, 0.15) is 11.5 Å². The fourth-order valence-electron chi connectivity index (χ4n) is 4.61. The van der Waals surface area contributed by atoms with E-state index in [1.807, 2.05) is 43.3 Å². The molecule has 0 N–H and O–H groups in total. The summed E-state index contributed by atoms with van der Waals surface area (Å²) in [5.74, 6) is 0.521. The number of carbonyl (C=O) groups is 2. The lowest BCUT2D eigenvalue weighted by Gasteiger charge is -2.13. The van der Waals surface area contributed by atoms with E-state index in [2.05, 4.69) is 13.8 Å². The van der Waals surface area contributed by atoms with Crippen molar-refractivity contribution in [3.63, 3.8) is 0 Å². The summed E-state index contributed by atoms with van der Waals surface area (Å²) in [6.45, 7) is 7.05. The van der Waals surface area contributed by atoms with Gasteiger partial charge in [0.15, 0.2) is 0 Å². The second-order valence-electron chi connectivity index (χ2n) is 10.7. The minimum atomic E-state index is -0.414. The number of esters is 2. The second-order valence-corrected chi connectivity index (χ2v) is 10.7. The third-order valence-electron chi connectivity index (χ3n) is 7.15. The van der Waals surface area contributed by atoms with Gasteiger partial charge in [-0.25, -0.2) is 9.59 Å². The Labute approximate surface area is 246 Å². The zero-order chi connectivity index (χ0) is 29.3. The van der Waals surface area contributed by atoms with Gasteiger partial charge in [0.05, 0.1) is 23.8 Å². The van der Waals surface area contributed by atoms with Crippen LogP contribution in [-0.2, 0) is 4.74 Å². The van der Waals surface area contributed by atoms with Gasteiger partial charge in [-0.3, -0.25) is 0 Å².